The first-order valence-electron chi connectivity index (χ1n) is 9.67. The van der Waals surface area contributed by atoms with Crippen molar-refractivity contribution in [3.8, 4) is 0 Å². The van der Waals surface area contributed by atoms with Crippen molar-refractivity contribution < 1.29 is 22.8 Å². The van der Waals surface area contributed by atoms with Gasteiger partial charge in [-0.25, -0.2) is 4.79 Å². The van der Waals surface area contributed by atoms with Crippen LogP contribution in [0.15, 0.2) is 12.7 Å². The Morgan fingerprint density at radius 3 is 1.80 bits per heavy atom. The molecule has 0 aliphatic rings. The zero-order valence-corrected chi connectivity index (χ0v) is 17.5. The minimum absolute atomic E-state index is 0.156. The van der Waals surface area contributed by atoms with E-state index in [4.69, 9.17) is 18.0 Å². The SMILES string of the molecule is C=CC(=O)OCO[Si](CCCCCCCCCCCCC)(OC)OC. The molecule has 0 radical (unpaired) electrons. The number of hydrogen-bond acceptors (Lipinski definition) is 5. The van der Waals surface area contributed by atoms with Gasteiger partial charge in [0.05, 0.1) is 0 Å². The predicted molar refractivity (Wildman–Crippen MR) is 103 cm³/mol. The fourth-order valence-electron chi connectivity index (χ4n) is 2.72. The molecule has 148 valence electrons. The van der Waals surface area contributed by atoms with Gasteiger partial charge in [-0.1, -0.05) is 77.7 Å². The van der Waals surface area contributed by atoms with Crippen molar-refractivity contribution in [2.75, 3.05) is 21.0 Å². The lowest BCUT2D eigenvalue weighted by Gasteiger charge is -2.25. The molecule has 5 nitrogen and oxygen atoms in total. The smallest absolute Gasteiger partial charge is 0.436 e. The molecule has 0 aliphatic heterocycles. The summed E-state index contributed by atoms with van der Waals surface area (Å²) < 4.78 is 21.4. The lowest BCUT2D eigenvalue weighted by atomic mass is 10.1. The van der Waals surface area contributed by atoms with Crippen LogP contribution in [0, 0.1) is 0 Å². The molecule has 0 unspecified atom stereocenters. The van der Waals surface area contributed by atoms with Crippen LogP contribution in [0.25, 0.3) is 0 Å². The maximum atomic E-state index is 11.0. The molecule has 6 heteroatoms. The summed E-state index contributed by atoms with van der Waals surface area (Å²) in [5.41, 5.74) is 0. The molecular formula is C19H38O5Si. The van der Waals surface area contributed by atoms with Crippen LogP contribution in [-0.2, 0) is 22.8 Å². The van der Waals surface area contributed by atoms with Crippen LogP contribution in [0.5, 0.6) is 0 Å². The highest BCUT2D eigenvalue weighted by Crippen LogP contribution is 2.19. The predicted octanol–water partition coefficient (Wildman–Crippen LogP) is 5.23. The molecule has 0 heterocycles. The molecule has 0 amide bonds. The largest absolute Gasteiger partial charge is 0.502 e. The van der Waals surface area contributed by atoms with E-state index < -0.39 is 14.8 Å². The third kappa shape index (κ3) is 13.2. The summed E-state index contributed by atoms with van der Waals surface area (Å²) in [7, 11) is 0.445. The average Bonchev–Trinajstić information content (AvgIpc) is 2.64. The monoisotopic (exact) mass is 374 g/mol. The summed E-state index contributed by atoms with van der Waals surface area (Å²) in [5.74, 6) is -0.509. The van der Waals surface area contributed by atoms with Gasteiger partial charge in [-0.3, -0.25) is 0 Å². The first-order valence-corrected chi connectivity index (χ1v) is 11.6. The van der Waals surface area contributed by atoms with Crippen molar-refractivity contribution in [1.29, 1.82) is 0 Å². The molecule has 0 aromatic heterocycles. The zero-order valence-electron chi connectivity index (χ0n) is 16.5. The van der Waals surface area contributed by atoms with E-state index in [9.17, 15) is 4.79 Å². The Kier molecular flexibility index (Phi) is 16.3. The fraction of sp³-hybridized carbons (Fsp3) is 0.842. The van der Waals surface area contributed by atoms with Crippen LogP contribution in [0.1, 0.15) is 77.6 Å². The van der Waals surface area contributed by atoms with Gasteiger partial charge in [0.15, 0.2) is 6.79 Å². The summed E-state index contributed by atoms with van der Waals surface area (Å²) in [6.07, 6.45) is 15.3. The number of carbonyl (C=O) groups excluding carboxylic acids is 1. The average molecular weight is 375 g/mol. The molecule has 0 aromatic rings. The number of rotatable bonds is 18. The molecule has 25 heavy (non-hydrogen) atoms. The van der Waals surface area contributed by atoms with E-state index in [1.165, 1.54) is 57.8 Å². The van der Waals surface area contributed by atoms with Crippen molar-refractivity contribution in [1.82, 2.24) is 0 Å². The van der Waals surface area contributed by atoms with Crippen molar-refractivity contribution in [3.05, 3.63) is 12.7 Å². The Morgan fingerprint density at radius 2 is 1.36 bits per heavy atom. The molecular weight excluding hydrogens is 336 g/mol. The van der Waals surface area contributed by atoms with Gasteiger partial charge in [-0.15, -0.1) is 0 Å². The lowest BCUT2D eigenvalue weighted by Crippen LogP contribution is -2.44. The molecule has 0 saturated heterocycles. The van der Waals surface area contributed by atoms with E-state index in [-0.39, 0.29) is 6.79 Å². The third-order valence-corrected chi connectivity index (χ3v) is 7.12. The molecule has 0 saturated carbocycles. The van der Waals surface area contributed by atoms with Crippen LogP contribution in [0.3, 0.4) is 0 Å². The van der Waals surface area contributed by atoms with Gasteiger partial charge >= 0.3 is 14.8 Å². The van der Waals surface area contributed by atoms with E-state index in [0.717, 1.165) is 25.0 Å². The molecule has 0 N–H and O–H groups in total. The van der Waals surface area contributed by atoms with E-state index in [2.05, 4.69) is 13.5 Å². The Bertz CT molecular complexity index is 332. The number of esters is 1. The third-order valence-electron chi connectivity index (χ3n) is 4.36. The molecule has 0 bridgehead atoms. The van der Waals surface area contributed by atoms with Crippen molar-refractivity contribution >= 4 is 14.8 Å². The number of ether oxygens (including phenoxy) is 1. The second-order valence-electron chi connectivity index (χ2n) is 6.31. The summed E-state index contributed by atoms with van der Waals surface area (Å²) in [6, 6.07) is 0.739. The van der Waals surface area contributed by atoms with Gasteiger partial charge in [-0.2, -0.15) is 0 Å². The molecule has 0 rings (SSSR count). The molecule has 0 aliphatic carbocycles. The summed E-state index contributed by atoms with van der Waals surface area (Å²) in [4.78, 5) is 11.0. The Labute approximate surface area is 155 Å². The minimum atomic E-state index is -2.73. The Balaban J connectivity index is 3.71. The minimum Gasteiger partial charge on any atom is -0.436 e. The molecule has 0 spiro atoms. The van der Waals surface area contributed by atoms with Crippen molar-refractivity contribution in [2.45, 2.75) is 83.6 Å². The van der Waals surface area contributed by atoms with Gasteiger partial charge in [-0.05, 0) is 6.42 Å². The molecule has 0 fully saturated rings. The lowest BCUT2D eigenvalue weighted by molar-refractivity contribution is -0.146. The first kappa shape index (κ1) is 24.3. The zero-order chi connectivity index (χ0) is 18.8. The molecule has 0 aromatic carbocycles. The van der Waals surface area contributed by atoms with E-state index in [1.54, 1.807) is 14.2 Å². The highest BCUT2D eigenvalue weighted by Gasteiger charge is 2.38. The molecule has 0 atom stereocenters. The first-order chi connectivity index (χ1) is 12.1. The number of hydrogen-bond donors (Lipinski definition) is 0. The van der Waals surface area contributed by atoms with Gasteiger partial charge in [0, 0.05) is 26.3 Å². The van der Waals surface area contributed by atoms with Crippen LogP contribution in [0.4, 0.5) is 0 Å². The van der Waals surface area contributed by atoms with Gasteiger partial charge in [0.1, 0.15) is 0 Å². The maximum absolute atomic E-state index is 11.0. The van der Waals surface area contributed by atoms with Crippen molar-refractivity contribution in [3.63, 3.8) is 0 Å². The van der Waals surface area contributed by atoms with Gasteiger partial charge < -0.3 is 18.0 Å². The Hall–Kier alpha value is -0.693. The van der Waals surface area contributed by atoms with Crippen LogP contribution in [-0.4, -0.2) is 35.8 Å². The van der Waals surface area contributed by atoms with Gasteiger partial charge in [0.25, 0.3) is 0 Å². The normalized spacial score (nSPS) is 11.5. The van der Waals surface area contributed by atoms with Gasteiger partial charge in [0.2, 0.25) is 0 Å². The standard InChI is InChI=1S/C19H38O5Si/c1-5-7-8-9-10-11-12-13-14-15-16-17-25(21-3,22-4)24-18-23-19(20)6-2/h6H,2,5,7-18H2,1,3-4H3. The van der Waals surface area contributed by atoms with E-state index in [1.807, 2.05) is 0 Å². The summed E-state index contributed by atoms with van der Waals surface area (Å²) in [5, 5.41) is 0. The van der Waals surface area contributed by atoms with Crippen LogP contribution < -0.4 is 0 Å². The van der Waals surface area contributed by atoms with E-state index >= 15 is 0 Å². The van der Waals surface area contributed by atoms with Crippen LogP contribution in [0.2, 0.25) is 6.04 Å². The van der Waals surface area contributed by atoms with Crippen molar-refractivity contribution in [2.24, 2.45) is 0 Å². The van der Waals surface area contributed by atoms with Crippen LogP contribution >= 0.6 is 0 Å². The highest BCUT2D eigenvalue weighted by atomic mass is 28.4. The topological polar surface area (TPSA) is 54.0 Å². The second kappa shape index (κ2) is 16.8. The summed E-state index contributed by atoms with van der Waals surface area (Å²) in [6.45, 7) is 5.44. The Morgan fingerprint density at radius 1 is 0.880 bits per heavy atom. The highest BCUT2D eigenvalue weighted by molar-refractivity contribution is 6.60. The summed E-state index contributed by atoms with van der Waals surface area (Å²) >= 11 is 0. The van der Waals surface area contributed by atoms with E-state index in [0.29, 0.717) is 0 Å². The quantitative estimate of drug-likeness (QED) is 0.108. The number of unbranched alkanes of at least 4 members (excludes halogenated alkanes) is 10. The second-order valence-corrected chi connectivity index (χ2v) is 9.28. The fourth-order valence-corrected chi connectivity index (χ4v) is 4.60. The maximum Gasteiger partial charge on any atom is 0.502 e. The number of carbonyl (C=O) groups is 1.